The highest BCUT2D eigenvalue weighted by atomic mass is 16.3. The predicted octanol–water partition coefficient (Wildman–Crippen LogP) is 13.7. The average molecular weight is 775 g/mol. The van der Waals surface area contributed by atoms with Gasteiger partial charge >= 0.3 is 0 Å². The van der Waals surface area contributed by atoms with E-state index in [1.165, 1.54) is 27.6 Å². The molecule has 0 spiro atoms. The minimum absolute atomic E-state index is 0.105. The fourth-order valence-corrected chi connectivity index (χ4v) is 8.82. The summed E-state index contributed by atoms with van der Waals surface area (Å²) in [4.78, 5) is 2.33. The largest absolute Gasteiger partial charge is 0.456 e. The number of nitrogens with one attached hydrogen (secondary N) is 3. The Morgan fingerprint density at radius 2 is 0.900 bits per heavy atom. The van der Waals surface area contributed by atoms with Crippen LogP contribution >= 0.6 is 0 Å². The fraction of sp³-hybridized carbons (Fsp3) is 0.0545. The van der Waals surface area contributed by atoms with Gasteiger partial charge in [0, 0.05) is 33.4 Å². The number of nitrogens with zero attached hydrogens (tertiary/aromatic N) is 1. The number of fused-ring (bicyclic) bond motifs is 4. The van der Waals surface area contributed by atoms with Crippen LogP contribution in [0.5, 0.6) is 0 Å². The lowest BCUT2D eigenvalue weighted by atomic mass is 9.94. The number of furan rings is 1. The highest BCUT2D eigenvalue weighted by molar-refractivity contribution is 6.16. The van der Waals surface area contributed by atoms with Gasteiger partial charge in [-0.25, -0.2) is 0 Å². The summed E-state index contributed by atoms with van der Waals surface area (Å²) in [5, 5.41) is 16.1. The zero-order valence-corrected chi connectivity index (χ0v) is 32.9. The Hall–Kier alpha value is -7.28. The Bertz CT molecular complexity index is 3030. The van der Waals surface area contributed by atoms with Crippen molar-refractivity contribution in [2.75, 3.05) is 4.90 Å². The molecule has 3 N–H and O–H groups in total. The summed E-state index contributed by atoms with van der Waals surface area (Å²) < 4.78 is 7.04. The minimum Gasteiger partial charge on any atom is -0.456 e. The van der Waals surface area contributed by atoms with E-state index in [2.05, 4.69) is 239 Å². The number of benzene rings is 9. The normalized spacial score (nSPS) is 16.6. The number of anilines is 3. The van der Waals surface area contributed by atoms with Gasteiger partial charge in [-0.3, -0.25) is 16.0 Å². The van der Waals surface area contributed by atoms with E-state index in [9.17, 15) is 0 Å². The van der Waals surface area contributed by atoms with Gasteiger partial charge in [0.1, 0.15) is 11.2 Å². The smallest absolute Gasteiger partial charge is 0.142 e. The molecule has 5 heteroatoms. The van der Waals surface area contributed by atoms with Gasteiger partial charge in [-0.05, 0) is 92.7 Å². The van der Waals surface area contributed by atoms with Crippen LogP contribution in [0.2, 0.25) is 0 Å². The molecule has 60 heavy (non-hydrogen) atoms. The van der Waals surface area contributed by atoms with Crippen molar-refractivity contribution in [3.8, 4) is 22.3 Å². The molecule has 11 rings (SSSR count). The molecule has 1 aromatic heterocycles. The molecule has 0 amide bonds. The van der Waals surface area contributed by atoms with E-state index >= 15 is 0 Å². The van der Waals surface area contributed by atoms with Gasteiger partial charge in [-0.1, -0.05) is 170 Å². The van der Waals surface area contributed by atoms with Crippen molar-refractivity contribution >= 4 is 49.8 Å². The van der Waals surface area contributed by atoms with Gasteiger partial charge in [0.25, 0.3) is 0 Å². The first-order chi connectivity index (χ1) is 29.7. The highest BCUT2D eigenvalue weighted by Crippen LogP contribution is 2.44. The highest BCUT2D eigenvalue weighted by Gasteiger charge is 2.32. The lowest BCUT2D eigenvalue weighted by Crippen LogP contribution is -2.54. The first-order valence-electron chi connectivity index (χ1n) is 20.6. The summed E-state index contributed by atoms with van der Waals surface area (Å²) in [5.41, 5.74) is 13.0. The molecule has 1 saturated heterocycles. The standard InChI is InChI=1S/C55H42N4O/c1-5-16-37(17-6-1)38-28-30-45(31-29-38)59(44-25-11-4-12-26-44)46-27-15-24-43(34-46)47-32-33-48(52-51(47)49-35-41-22-13-14-23-42(41)36-50(49)60-52)55-57-53(39-18-7-2-8-19-39)56-54(58-55)40-20-9-3-10-21-40/h1-36,53-58H. The second kappa shape index (κ2) is 15.5. The zero-order valence-electron chi connectivity index (χ0n) is 32.9. The maximum absolute atomic E-state index is 7.04. The van der Waals surface area contributed by atoms with Crippen LogP contribution in [-0.4, -0.2) is 0 Å². The molecule has 5 nitrogen and oxygen atoms in total. The maximum atomic E-state index is 7.04. The van der Waals surface area contributed by atoms with Crippen LogP contribution in [0, 0.1) is 0 Å². The SMILES string of the molecule is c1ccc(-c2ccc(N(c3ccccc3)c3cccc(-c4ccc(C5NC(c6ccccc6)NC(c6ccccc6)N5)c5oc6cc7ccccc7cc6c45)c3)cc2)cc1. The van der Waals surface area contributed by atoms with Crippen LogP contribution in [0.1, 0.15) is 35.2 Å². The summed E-state index contributed by atoms with van der Waals surface area (Å²) in [6, 6.07) is 77.6. The molecule has 2 atom stereocenters. The molecule has 0 radical (unpaired) electrons. The maximum Gasteiger partial charge on any atom is 0.142 e. The van der Waals surface area contributed by atoms with E-state index in [1.54, 1.807) is 0 Å². The van der Waals surface area contributed by atoms with Crippen molar-refractivity contribution < 1.29 is 4.42 Å². The molecule has 2 unspecified atom stereocenters. The number of hydrogen-bond donors (Lipinski definition) is 3. The van der Waals surface area contributed by atoms with Crippen LogP contribution in [0.25, 0.3) is 55.0 Å². The van der Waals surface area contributed by atoms with Gasteiger partial charge in [0.05, 0.1) is 18.5 Å². The first kappa shape index (κ1) is 35.8. The van der Waals surface area contributed by atoms with Crippen molar-refractivity contribution in [2.24, 2.45) is 0 Å². The first-order valence-corrected chi connectivity index (χ1v) is 20.6. The van der Waals surface area contributed by atoms with E-state index in [0.29, 0.717) is 0 Å². The molecule has 9 aromatic carbocycles. The molecule has 1 fully saturated rings. The van der Waals surface area contributed by atoms with Crippen molar-refractivity contribution in [3.63, 3.8) is 0 Å². The minimum atomic E-state index is -0.230. The van der Waals surface area contributed by atoms with Crippen LogP contribution in [-0.2, 0) is 0 Å². The van der Waals surface area contributed by atoms with Gasteiger partial charge in [-0.2, -0.15) is 0 Å². The quantitative estimate of drug-likeness (QED) is 0.144. The Balaban J connectivity index is 1.06. The number of rotatable bonds is 8. The molecular formula is C55H42N4O. The topological polar surface area (TPSA) is 52.5 Å². The lowest BCUT2D eigenvalue weighted by molar-refractivity contribution is 0.203. The van der Waals surface area contributed by atoms with E-state index in [1.807, 2.05) is 0 Å². The monoisotopic (exact) mass is 774 g/mol. The van der Waals surface area contributed by atoms with E-state index in [-0.39, 0.29) is 18.5 Å². The van der Waals surface area contributed by atoms with Crippen molar-refractivity contribution in [3.05, 3.63) is 235 Å². The van der Waals surface area contributed by atoms with Crippen LogP contribution < -0.4 is 20.9 Å². The lowest BCUT2D eigenvalue weighted by Gasteiger charge is -2.39. The second-order valence-corrected chi connectivity index (χ2v) is 15.5. The van der Waals surface area contributed by atoms with E-state index in [4.69, 9.17) is 4.42 Å². The third-order valence-corrected chi connectivity index (χ3v) is 11.8. The summed E-state index contributed by atoms with van der Waals surface area (Å²) in [7, 11) is 0. The van der Waals surface area contributed by atoms with Crippen molar-refractivity contribution in [1.82, 2.24) is 16.0 Å². The third-order valence-electron chi connectivity index (χ3n) is 11.8. The summed E-state index contributed by atoms with van der Waals surface area (Å²) in [6.45, 7) is 0. The van der Waals surface area contributed by atoms with Crippen LogP contribution in [0.3, 0.4) is 0 Å². The zero-order chi connectivity index (χ0) is 39.8. The molecule has 0 bridgehead atoms. The summed E-state index contributed by atoms with van der Waals surface area (Å²) >= 11 is 0. The van der Waals surface area contributed by atoms with Crippen LogP contribution in [0.15, 0.2) is 223 Å². The molecule has 288 valence electrons. The number of para-hydroxylation sites is 1. The molecule has 10 aromatic rings. The Labute approximate surface area is 349 Å². The average Bonchev–Trinajstić information content (AvgIpc) is 3.70. The van der Waals surface area contributed by atoms with Crippen LogP contribution in [0.4, 0.5) is 17.1 Å². The van der Waals surface area contributed by atoms with Gasteiger partial charge < -0.3 is 9.32 Å². The van der Waals surface area contributed by atoms with E-state index < -0.39 is 0 Å². The molecule has 0 aliphatic carbocycles. The molecule has 1 aliphatic rings. The predicted molar refractivity (Wildman–Crippen MR) is 247 cm³/mol. The fourth-order valence-electron chi connectivity index (χ4n) is 8.82. The van der Waals surface area contributed by atoms with Gasteiger partial charge in [-0.15, -0.1) is 0 Å². The Morgan fingerprint density at radius 1 is 0.383 bits per heavy atom. The molecule has 0 saturated carbocycles. The van der Waals surface area contributed by atoms with E-state index in [0.717, 1.165) is 61.1 Å². The summed E-state index contributed by atoms with van der Waals surface area (Å²) in [6.07, 6.45) is -0.439. The number of hydrogen-bond acceptors (Lipinski definition) is 5. The third kappa shape index (κ3) is 6.71. The molecular weight excluding hydrogens is 733 g/mol. The summed E-state index contributed by atoms with van der Waals surface area (Å²) in [5.74, 6) is 0. The Kier molecular flexibility index (Phi) is 9.25. The molecule has 2 heterocycles. The van der Waals surface area contributed by atoms with Crippen molar-refractivity contribution in [2.45, 2.75) is 18.5 Å². The molecule has 1 aliphatic heterocycles. The van der Waals surface area contributed by atoms with Crippen molar-refractivity contribution in [1.29, 1.82) is 0 Å². The second-order valence-electron chi connectivity index (χ2n) is 15.5. The van der Waals surface area contributed by atoms with Gasteiger partial charge in [0.15, 0.2) is 0 Å². The van der Waals surface area contributed by atoms with Gasteiger partial charge in [0.2, 0.25) is 0 Å². The Morgan fingerprint density at radius 3 is 1.57 bits per heavy atom.